The maximum absolute atomic E-state index is 9.97. The number of aryl methyl sites for hydroxylation is 1. The van der Waals surface area contributed by atoms with E-state index in [1.54, 1.807) is 6.92 Å². The first-order valence-corrected chi connectivity index (χ1v) is 4.08. The molecule has 1 heterocycles. The summed E-state index contributed by atoms with van der Waals surface area (Å²) in [5.74, 6) is 0. The van der Waals surface area contributed by atoms with Crippen molar-refractivity contribution in [3.63, 3.8) is 0 Å². The first-order chi connectivity index (χ1) is 5.20. The molecule has 0 saturated heterocycles. The summed E-state index contributed by atoms with van der Waals surface area (Å²) in [4.78, 5) is 13.9. The van der Waals surface area contributed by atoms with Crippen molar-refractivity contribution >= 4 is 16.5 Å². The third kappa shape index (κ3) is 3.08. The quantitative estimate of drug-likeness (QED) is 0.485. The van der Waals surface area contributed by atoms with E-state index in [4.69, 9.17) is 0 Å². The predicted molar refractivity (Wildman–Crippen MR) is 44.9 cm³/mol. The molecule has 0 bridgehead atoms. The molecule has 0 atom stereocenters. The Morgan fingerprint density at radius 2 is 2.18 bits per heavy atom. The second kappa shape index (κ2) is 4.79. The molecule has 0 saturated carbocycles. The molecule has 0 spiro atoms. The summed E-state index contributed by atoms with van der Waals surface area (Å²) >= 11 is 1.09. The van der Waals surface area contributed by atoms with Crippen LogP contribution >= 0.6 is 11.3 Å². The second-order valence-electron chi connectivity index (χ2n) is 1.51. The molecular weight excluding hydrogens is 164 g/mol. The largest absolute Gasteiger partial charge is 0.423 e. The Labute approximate surface area is 69.0 Å². The van der Waals surface area contributed by atoms with Crippen LogP contribution in [-0.2, 0) is 0 Å². The van der Waals surface area contributed by atoms with Crippen LogP contribution in [0.15, 0.2) is 6.20 Å². The third-order valence-electron chi connectivity index (χ3n) is 0.765. The molecule has 0 unspecified atom stereocenters. The molecule has 1 aromatic rings. The van der Waals surface area contributed by atoms with E-state index < -0.39 is 4.92 Å². The van der Waals surface area contributed by atoms with Gasteiger partial charge in [-0.2, -0.15) is 0 Å². The lowest BCUT2D eigenvalue weighted by Gasteiger charge is -1.81. The minimum atomic E-state index is -0.488. The van der Waals surface area contributed by atoms with Crippen LogP contribution < -0.4 is 0 Å². The highest BCUT2D eigenvalue weighted by atomic mass is 32.1. The molecule has 0 aliphatic heterocycles. The summed E-state index contributed by atoms with van der Waals surface area (Å²) < 4.78 is 0. The van der Waals surface area contributed by atoms with Crippen LogP contribution in [0.1, 0.15) is 18.7 Å². The van der Waals surface area contributed by atoms with E-state index in [1.165, 1.54) is 6.20 Å². The van der Waals surface area contributed by atoms with Gasteiger partial charge in [0.05, 0.1) is 4.88 Å². The maximum atomic E-state index is 9.97. The van der Waals surface area contributed by atoms with Gasteiger partial charge in [-0.3, -0.25) is 0 Å². The lowest BCUT2D eigenvalue weighted by atomic mass is 10.7. The third-order valence-corrected chi connectivity index (χ3v) is 1.63. The normalized spacial score (nSPS) is 8.27. The van der Waals surface area contributed by atoms with Gasteiger partial charge in [0, 0.05) is 0 Å². The van der Waals surface area contributed by atoms with Crippen LogP contribution in [0, 0.1) is 17.0 Å². The lowest BCUT2D eigenvalue weighted by molar-refractivity contribution is -0.384. The molecule has 0 radical (unpaired) electrons. The molecule has 1 aromatic heterocycles. The van der Waals surface area contributed by atoms with Gasteiger partial charge < -0.3 is 10.1 Å². The Balaban J connectivity index is 0.000000461. The van der Waals surface area contributed by atoms with Crippen molar-refractivity contribution in [2.75, 3.05) is 0 Å². The minimum absolute atomic E-state index is 0.0347. The molecule has 1 rings (SSSR count). The van der Waals surface area contributed by atoms with Gasteiger partial charge in [-0.15, -0.1) is 0 Å². The zero-order valence-corrected chi connectivity index (χ0v) is 7.51. The molecule has 4 nitrogen and oxygen atoms in total. The average molecular weight is 174 g/mol. The number of nitrogens with zero attached hydrogens (tertiary/aromatic N) is 2. The van der Waals surface area contributed by atoms with Crippen LogP contribution in [0.5, 0.6) is 0 Å². The Morgan fingerprint density at radius 3 is 2.36 bits per heavy atom. The smallest absolute Gasteiger partial charge is 0.357 e. The van der Waals surface area contributed by atoms with E-state index in [0.29, 0.717) is 0 Å². The molecular formula is C6H10N2O2S. The maximum Gasteiger partial charge on any atom is 0.423 e. The van der Waals surface area contributed by atoms with E-state index in [9.17, 15) is 10.1 Å². The molecule has 11 heavy (non-hydrogen) atoms. The standard InChI is InChI=1S/C4H4N2O2S.C2H6/c1-3-2-5-4(9-3)6(7)8;1-2/h2H,1H3;1-2H3. The monoisotopic (exact) mass is 174 g/mol. The molecule has 0 aliphatic carbocycles. The molecule has 0 N–H and O–H groups in total. The summed E-state index contributed by atoms with van der Waals surface area (Å²) in [5, 5.41) is 9.93. The lowest BCUT2D eigenvalue weighted by Crippen LogP contribution is -1.83. The zero-order chi connectivity index (χ0) is 8.85. The number of hydrogen-bond acceptors (Lipinski definition) is 4. The van der Waals surface area contributed by atoms with E-state index in [-0.39, 0.29) is 5.13 Å². The van der Waals surface area contributed by atoms with Crippen LogP contribution in [0.25, 0.3) is 0 Å². The van der Waals surface area contributed by atoms with Gasteiger partial charge in [-0.25, -0.2) is 0 Å². The molecule has 62 valence electrons. The van der Waals surface area contributed by atoms with Crippen LogP contribution in [0.3, 0.4) is 0 Å². The first kappa shape index (κ1) is 10.0. The van der Waals surface area contributed by atoms with Crippen molar-refractivity contribution in [1.29, 1.82) is 0 Å². The van der Waals surface area contributed by atoms with Gasteiger partial charge in [0.1, 0.15) is 0 Å². The summed E-state index contributed by atoms with van der Waals surface area (Å²) in [6.07, 6.45) is 1.49. The van der Waals surface area contributed by atoms with Gasteiger partial charge in [0.25, 0.3) is 0 Å². The number of nitro groups is 1. The van der Waals surface area contributed by atoms with Gasteiger partial charge >= 0.3 is 5.13 Å². The van der Waals surface area contributed by atoms with Crippen molar-refractivity contribution in [2.45, 2.75) is 20.8 Å². The van der Waals surface area contributed by atoms with Gasteiger partial charge in [-0.1, -0.05) is 13.8 Å². The predicted octanol–water partition coefficient (Wildman–Crippen LogP) is 2.39. The first-order valence-electron chi connectivity index (χ1n) is 3.27. The number of rotatable bonds is 1. The fraction of sp³-hybridized carbons (Fsp3) is 0.500. The molecule has 5 heteroatoms. The Bertz CT molecular complexity index is 234. The highest BCUT2D eigenvalue weighted by Crippen LogP contribution is 2.17. The molecule has 0 fully saturated rings. The second-order valence-corrected chi connectivity index (χ2v) is 2.72. The Kier molecular flexibility index (Phi) is 4.36. The summed E-state index contributed by atoms with van der Waals surface area (Å²) in [5.41, 5.74) is 0. The van der Waals surface area contributed by atoms with Gasteiger partial charge in [0.15, 0.2) is 6.20 Å². The van der Waals surface area contributed by atoms with Crippen molar-refractivity contribution in [3.05, 3.63) is 21.2 Å². The van der Waals surface area contributed by atoms with E-state index in [2.05, 4.69) is 4.98 Å². The van der Waals surface area contributed by atoms with E-state index >= 15 is 0 Å². The highest BCUT2D eigenvalue weighted by Gasteiger charge is 2.08. The number of thiazole rings is 1. The van der Waals surface area contributed by atoms with Crippen molar-refractivity contribution in [1.82, 2.24) is 4.98 Å². The Hall–Kier alpha value is -0.970. The topological polar surface area (TPSA) is 56.0 Å². The molecule has 0 aromatic carbocycles. The van der Waals surface area contributed by atoms with Gasteiger partial charge in [-0.05, 0) is 28.2 Å². The fourth-order valence-corrected chi connectivity index (χ4v) is 1.00. The van der Waals surface area contributed by atoms with Crippen molar-refractivity contribution in [3.8, 4) is 0 Å². The summed E-state index contributed by atoms with van der Waals surface area (Å²) in [6.45, 7) is 5.78. The van der Waals surface area contributed by atoms with Crippen LogP contribution in [0.4, 0.5) is 5.13 Å². The SMILES string of the molecule is CC.Cc1cnc([N+](=O)[O-])s1. The van der Waals surface area contributed by atoms with E-state index in [1.807, 2.05) is 13.8 Å². The van der Waals surface area contributed by atoms with Crippen molar-refractivity contribution < 1.29 is 4.92 Å². The minimum Gasteiger partial charge on any atom is -0.357 e. The Morgan fingerprint density at radius 1 is 1.64 bits per heavy atom. The van der Waals surface area contributed by atoms with Crippen LogP contribution in [-0.4, -0.2) is 9.91 Å². The average Bonchev–Trinajstić information content (AvgIpc) is 2.40. The number of hydrogen-bond donors (Lipinski definition) is 0. The fourth-order valence-electron chi connectivity index (χ4n) is 0.427. The molecule has 0 aliphatic rings. The zero-order valence-electron chi connectivity index (χ0n) is 6.70. The molecule has 0 amide bonds. The number of aromatic nitrogens is 1. The van der Waals surface area contributed by atoms with Gasteiger partial charge in [0.2, 0.25) is 0 Å². The highest BCUT2D eigenvalue weighted by molar-refractivity contribution is 7.14. The van der Waals surface area contributed by atoms with Crippen LogP contribution in [0.2, 0.25) is 0 Å². The summed E-state index contributed by atoms with van der Waals surface area (Å²) in [6, 6.07) is 0. The van der Waals surface area contributed by atoms with Crippen molar-refractivity contribution in [2.24, 2.45) is 0 Å². The summed E-state index contributed by atoms with van der Waals surface area (Å²) in [7, 11) is 0. The van der Waals surface area contributed by atoms with E-state index in [0.717, 1.165) is 16.2 Å².